The molecule has 0 aromatic heterocycles. The Morgan fingerprint density at radius 3 is 2.79 bits per heavy atom. The summed E-state index contributed by atoms with van der Waals surface area (Å²) in [6, 6.07) is 10.5. The van der Waals surface area contributed by atoms with Crippen LogP contribution in [0.15, 0.2) is 35.3 Å². The Morgan fingerprint density at radius 2 is 2.08 bits per heavy atom. The number of hydrogen-bond acceptors (Lipinski definition) is 3. The summed E-state index contributed by atoms with van der Waals surface area (Å²) in [6.07, 6.45) is 8.55. The third-order valence-electron chi connectivity index (χ3n) is 5.96. The van der Waals surface area contributed by atoms with Crippen LogP contribution in [-0.2, 0) is 11.3 Å². The topological polar surface area (TPSA) is 21.6 Å². The van der Waals surface area contributed by atoms with Crippen molar-refractivity contribution >= 4 is 18.0 Å². The zero-order chi connectivity index (χ0) is 16.8. The largest absolute Gasteiger partial charge is 0.377 e. The summed E-state index contributed by atoms with van der Waals surface area (Å²) in [5.74, 6) is 3.56. The monoisotopic (exact) mass is 345 g/mol. The molecule has 1 aliphatic carbocycles. The third-order valence-corrected chi connectivity index (χ3v) is 7.42. The van der Waals surface area contributed by atoms with Crippen LogP contribution in [0.1, 0.15) is 51.5 Å². The van der Waals surface area contributed by atoms with Gasteiger partial charge in [0.25, 0.3) is 0 Å². The Balaban J connectivity index is 1.55. The van der Waals surface area contributed by atoms with Crippen LogP contribution in [0, 0.1) is 17.8 Å². The van der Waals surface area contributed by atoms with Gasteiger partial charge in [0.15, 0.2) is 0 Å². The molecule has 0 radical (unpaired) electrons. The second kappa shape index (κ2) is 8.53. The average Bonchev–Trinajstić information content (AvgIpc) is 3.10. The molecule has 1 aliphatic heterocycles. The fourth-order valence-electron chi connectivity index (χ4n) is 4.35. The van der Waals surface area contributed by atoms with E-state index in [1.54, 1.807) is 0 Å². The van der Waals surface area contributed by atoms with E-state index in [0.717, 1.165) is 36.5 Å². The summed E-state index contributed by atoms with van der Waals surface area (Å²) in [7, 11) is 0. The van der Waals surface area contributed by atoms with Crippen molar-refractivity contribution < 1.29 is 4.74 Å². The van der Waals surface area contributed by atoms with E-state index in [9.17, 15) is 0 Å². The van der Waals surface area contributed by atoms with Crippen molar-refractivity contribution in [2.45, 2.75) is 57.4 Å². The van der Waals surface area contributed by atoms with Gasteiger partial charge in [0, 0.05) is 18.4 Å². The van der Waals surface area contributed by atoms with Crippen molar-refractivity contribution in [1.29, 1.82) is 0 Å². The van der Waals surface area contributed by atoms with Crippen molar-refractivity contribution in [2.75, 3.05) is 12.4 Å². The first kappa shape index (κ1) is 18.0. The molecule has 132 valence electrons. The first-order valence-electron chi connectivity index (χ1n) is 9.53. The van der Waals surface area contributed by atoms with Crippen LogP contribution in [0.4, 0.5) is 0 Å². The fraction of sp³-hybridized carbons (Fsp3) is 0.667. The highest BCUT2D eigenvalue weighted by molar-refractivity contribution is 8.01. The highest BCUT2D eigenvalue weighted by atomic mass is 32.2. The number of benzene rings is 1. The van der Waals surface area contributed by atoms with Crippen LogP contribution in [0.25, 0.3) is 0 Å². The Hall–Kier alpha value is -0.800. The molecule has 0 saturated heterocycles. The first-order valence-corrected chi connectivity index (χ1v) is 10.5. The molecule has 1 heterocycles. The summed E-state index contributed by atoms with van der Waals surface area (Å²) >= 11 is 2.05. The molecule has 2 aliphatic rings. The molecule has 1 aromatic rings. The zero-order valence-corrected chi connectivity index (χ0v) is 15.9. The van der Waals surface area contributed by atoms with E-state index in [-0.39, 0.29) is 4.87 Å². The highest BCUT2D eigenvalue weighted by Crippen LogP contribution is 2.49. The zero-order valence-electron chi connectivity index (χ0n) is 15.1. The minimum absolute atomic E-state index is 0.0875. The maximum Gasteiger partial charge on any atom is 0.111 e. The van der Waals surface area contributed by atoms with E-state index >= 15 is 0 Å². The van der Waals surface area contributed by atoms with Crippen molar-refractivity contribution in [3.63, 3.8) is 0 Å². The quantitative estimate of drug-likeness (QED) is 0.603. The van der Waals surface area contributed by atoms with Gasteiger partial charge in [0.1, 0.15) is 4.87 Å². The lowest BCUT2D eigenvalue weighted by molar-refractivity contribution is 0.0917. The van der Waals surface area contributed by atoms with Gasteiger partial charge in [-0.2, -0.15) is 0 Å². The normalized spacial score (nSPS) is 33.0. The highest BCUT2D eigenvalue weighted by Gasteiger charge is 2.43. The summed E-state index contributed by atoms with van der Waals surface area (Å²) in [6.45, 7) is 6.31. The molecule has 1 aromatic carbocycles. The second-order valence-electron chi connectivity index (χ2n) is 7.41. The van der Waals surface area contributed by atoms with Gasteiger partial charge in [-0.15, -0.1) is 11.8 Å². The second-order valence-corrected chi connectivity index (χ2v) is 8.74. The Kier molecular flexibility index (Phi) is 6.40. The molecule has 24 heavy (non-hydrogen) atoms. The molecule has 4 atom stereocenters. The van der Waals surface area contributed by atoms with Crippen LogP contribution >= 0.6 is 11.8 Å². The van der Waals surface area contributed by atoms with E-state index in [0.29, 0.717) is 6.61 Å². The van der Waals surface area contributed by atoms with E-state index in [2.05, 4.69) is 62.2 Å². The van der Waals surface area contributed by atoms with Gasteiger partial charge in [0.05, 0.1) is 13.2 Å². The van der Waals surface area contributed by atoms with Crippen LogP contribution in [-0.4, -0.2) is 23.4 Å². The number of aliphatic imine (C=N–C) groups is 1. The fourth-order valence-corrected chi connectivity index (χ4v) is 5.62. The Morgan fingerprint density at radius 1 is 1.25 bits per heavy atom. The molecular formula is C21H31NOS. The summed E-state index contributed by atoms with van der Waals surface area (Å²) in [5, 5.41) is 0. The minimum atomic E-state index is 0.0875. The van der Waals surface area contributed by atoms with Gasteiger partial charge in [0.2, 0.25) is 0 Å². The molecule has 0 spiro atoms. The van der Waals surface area contributed by atoms with Crippen molar-refractivity contribution in [3.8, 4) is 0 Å². The van der Waals surface area contributed by atoms with Crippen LogP contribution in [0.3, 0.4) is 0 Å². The van der Waals surface area contributed by atoms with E-state index in [1.165, 1.54) is 31.2 Å². The summed E-state index contributed by atoms with van der Waals surface area (Å²) in [4.78, 5) is 5.07. The van der Waals surface area contributed by atoms with E-state index in [1.807, 2.05) is 0 Å². The van der Waals surface area contributed by atoms with E-state index < -0.39 is 0 Å². The van der Waals surface area contributed by atoms with Crippen molar-refractivity contribution in [2.24, 2.45) is 22.7 Å². The SMILES string of the molecule is CCC1CC(C2(CCOCc3ccccc3)N=CCS2)CCC1C. The maximum atomic E-state index is 5.98. The Bertz CT molecular complexity index is 532. The van der Waals surface area contributed by atoms with Crippen LogP contribution < -0.4 is 0 Å². The van der Waals surface area contributed by atoms with Gasteiger partial charge in [-0.3, -0.25) is 4.99 Å². The molecule has 4 unspecified atom stereocenters. The van der Waals surface area contributed by atoms with Gasteiger partial charge >= 0.3 is 0 Å². The molecular weight excluding hydrogens is 314 g/mol. The number of ether oxygens (including phenoxy) is 1. The van der Waals surface area contributed by atoms with E-state index in [4.69, 9.17) is 9.73 Å². The summed E-state index contributed by atoms with van der Waals surface area (Å²) in [5.41, 5.74) is 1.26. The molecule has 0 N–H and O–H groups in total. The molecule has 1 saturated carbocycles. The van der Waals surface area contributed by atoms with Crippen LogP contribution in [0.5, 0.6) is 0 Å². The number of nitrogens with zero attached hydrogens (tertiary/aromatic N) is 1. The smallest absolute Gasteiger partial charge is 0.111 e. The lowest BCUT2D eigenvalue weighted by Gasteiger charge is -2.42. The predicted octanol–water partition coefficient (Wildman–Crippen LogP) is 5.57. The molecule has 1 fully saturated rings. The molecule has 3 rings (SSSR count). The molecule has 2 nitrogen and oxygen atoms in total. The Labute approximate surface area is 151 Å². The maximum absolute atomic E-state index is 5.98. The lowest BCUT2D eigenvalue weighted by atomic mass is 9.71. The standard InChI is InChI=1S/C21H31NOS/c1-3-19-15-20(10-9-17(19)2)21(22-12-14-24-21)11-13-23-16-18-7-5-4-6-8-18/h4-8,12,17,19-20H,3,9-11,13-16H2,1-2H3. The summed E-state index contributed by atoms with van der Waals surface area (Å²) < 4.78 is 5.98. The molecule has 0 amide bonds. The minimum Gasteiger partial charge on any atom is -0.377 e. The number of thioether (sulfide) groups is 1. The first-order chi connectivity index (χ1) is 11.7. The third kappa shape index (κ3) is 4.23. The lowest BCUT2D eigenvalue weighted by Crippen LogP contribution is -2.38. The van der Waals surface area contributed by atoms with Gasteiger partial charge in [-0.25, -0.2) is 0 Å². The van der Waals surface area contributed by atoms with Crippen molar-refractivity contribution in [1.82, 2.24) is 0 Å². The predicted molar refractivity (Wildman–Crippen MR) is 105 cm³/mol. The number of rotatable bonds is 7. The van der Waals surface area contributed by atoms with Gasteiger partial charge < -0.3 is 4.74 Å². The number of hydrogen-bond donors (Lipinski definition) is 0. The van der Waals surface area contributed by atoms with Crippen molar-refractivity contribution in [3.05, 3.63) is 35.9 Å². The molecule has 0 bridgehead atoms. The van der Waals surface area contributed by atoms with Gasteiger partial charge in [-0.1, -0.05) is 57.0 Å². The average molecular weight is 346 g/mol. The van der Waals surface area contributed by atoms with Crippen LogP contribution in [0.2, 0.25) is 0 Å². The molecule has 3 heteroatoms. The van der Waals surface area contributed by atoms with Gasteiger partial charge in [-0.05, 0) is 36.2 Å².